The minimum Gasteiger partial charge on any atom is -0.496 e. The van der Waals surface area contributed by atoms with Crippen LogP contribution >= 0.6 is 11.8 Å². The molecule has 470 valence electrons. The number of aliphatic hydroxyl groups excluding tert-OH is 3. The van der Waals surface area contributed by atoms with E-state index in [2.05, 4.69) is 42.2 Å². The molecule has 11 atom stereocenters. The maximum atomic E-state index is 15.4. The molecular formula is C55H76N12O17S2. The molecule has 2 saturated heterocycles. The molecule has 1 unspecified atom stereocenters. The van der Waals surface area contributed by atoms with Gasteiger partial charge in [-0.15, -0.1) is 11.8 Å². The first-order valence-electron chi connectivity index (χ1n) is 28.6. The van der Waals surface area contributed by atoms with Crippen LogP contribution in [0.25, 0.3) is 10.9 Å². The standard InChI is InChI=1S/C55H76N12O17S2/c1-5-27(2)46-52(80)58-19-41(72)59-36-26-86(83)54-32(31-10-12-39(84-4)33(48(31)64-54)25-85-30-22-65(23-30)43(74)9-7-6-8-16-66-44(75)14-15-45(66)76)18-35(49(77)57-20-42(73)62-46)61-53(81)47(28(3)38(70)24-68)63-51(79)37-17-29(69)21-67(37)55(82)34(60-50(36)78)11-13-40(56)71/h10,12,14-15,27-30,34-38,46-47,64,68-70H,5-9,11,13,16-26H2,1-4H3,(H2,56,71)(H,57,77)(H,58,80)(H,59,72)(H,60,78)(H,61,81)(H,62,73)(H,63,79)/t27-,28-,29+,34-,35-,36-,37-,38-,46-,47-,86?/m0/s1. The second-order valence-corrected chi connectivity index (χ2v) is 24.8. The topological polar surface area (TPSA) is 428 Å². The molecule has 2 bridgehead atoms. The van der Waals surface area contributed by atoms with Crippen LogP contribution in [0.5, 0.6) is 5.75 Å². The number of carbonyl (C=O) groups is 12. The van der Waals surface area contributed by atoms with E-state index in [1.165, 1.54) is 37.9 Å². The maximum absolute atomic E-state index is 15.4. The number of rotatable bonds is 18. The Morgan fingerprint density at radius 2 is 1.50 bits per heavy atom. The lowest BCUT2D eigenvalue weighted by Gasteiger charge is -2.39. The third kappa shape index (κ3) is 16.1. The van der Waals surface area contributed by atoms with Gasteiger partial charge in [-0.2, -0.15) is 0 Å². The smallest absolute Gasteiger partial charge is 0.253 e. The number of fused-ring (bicyclic) bond motifs is 5. The molecule has 0 spiro atoms. The highest BCUT2D eigenvalue weighted by molar-refractivity contribution is 7.99. The lowest BCUT2D eigenvalue weighted by Crippen LogP contribution is -2.62. The van der Waals surface area contributed by atoms with Crippen LogP contribution < -0.4 is 47.7 Å². The Hall–Kier alpha value is -7.48. The summed E-state index contributed by atoms with van der Waals surface area (Å²) in [6.45, 7) is 2.82. The van der Waals surface area contributed by atoms with Gasteiger partial charge in [0.15, 0.2) is 0 Å². The fourth-order valence-electron chi connectivity index (χ4n) is 10.8. The number of thioether (sulfide) groups is 1. The van der Waals surface area contributed by atoms with E-state index in [9.17, 15) is 72.9 Å². The largest absolute Gasteiger partial charge is 0.496 e. The van der Waals surface area contributed by atoms with Crippen molar-refractivity contribution in [3.05, 3.63) is 35.4 Å². The molecule has 6 heterocycles. The van der Waals surface area contributed by atoms with Gasteiger partial charge in [0.2, 0.25) is 59.1 Å². The van der Waals surface area contributed by atoms with Gasteiger partial charge in [-0.05, 0) is 42.9 Å². The Balaban J connectivity index is 1.29. The van der Waals surface area contributed by atoms with Crippen LogP contribution in [-0.2, 0) is 80.5 Å². The van der Waals surface area contributed by atoms with Gasteiger partial charge in [0.1, 0.15) is 47.0 Å². The van der Waals surface area contributed by atoms with Crippen LogP contribution in [-0.4, -0.2) is 223 Å². The normalized spacial score (nSPS) is 26.1. The van der Waals surface area contributed by atoms with Crippen LogP contribution in [0.4, 0.5) is 0 Å². The summed E-state index contributed by atoms with van der Waals surface area (Å²) in [6, 6.07) is -6.70. The van der Waals surface area contributed by atoms with Gasteiger partial charge in [-0.3, -0.25) is 66.6 Å². The molecule has 0 radical (unpaired) electrons. The Morgan fingerprint density at radius 3 is 2.16 bits per heavy atom. The van der Waals surface area contributed by atoms with Gasteiger partial charge >= 0.3 is 0 Å². The third-order valence-electron chi connectivity index (χ3n) is 16.1. The number of nitrogens with one attached hydrogen (secondary N) is 8. The molecule has 12 amide bonds. The molecule has 31 heteroatoms. The zero-order valence-electron chi connectivity index (χ0n) is 48.2. The van der Waals surface area contributed by atoms with Gasteiger partial charge in [-0.1, -0.05) is 33.6 Å². The second-order valence-electron chi connectivity index (χ2n) is 22.1. The number of H-pyrrole nitrogens is 1. The number of nitrogens with two attached hydrogens (primary N) is 1. The van der Waals surface area contributed by atoms with Crippen molar-refractivity contribution < 1.29 is 81.8 Å². The van der Waals surface area contributed by atoms with Crippen molar-refractivity contribution in [3.63, 3.8) is 0 Å². The van der Waals surface area contributed by atoms with Crippen molar-refractivity contribution in [1.82, 2.24) is 56.9 Å². The van der Waals surface area contributed by atoms with E-state index in [4.69, 9.17) is 10.5 Å². The zero-order valence-corrected chi connectivity index (χ0v) is 49.8. The maximum Gasteiger partial charge on any atom is 0.253 e. The number of amides is 12. The fraction of sp³-hybridized carbons (Fsp3) is 0.600. The highest BCUT2D eigenvalue weighted by Crippen LogP contribution is 2.38. The van der Waals surface area contributed by atoms with Crippen molar-refractivity contribution in [2.45, 2.75) is 143 Å². The van der Waals surface area contributed by atoms with Crippen LogP contribution in [0, 0.1) is 11.8 Å². The fourth-order valence-corrected chi connectivity index (χ4v) is 13.4. The highest BCUT2D eigenvalue weighted by atomic mass is 32.2. The summed E-state index contributed by atoms with van der Waals surface area (Å²) in [5.74, 6) is -11.7. The molecule has 2 fully saturated rings. The summed E-state index contributed by atoms with van der Waals surface area (Å²) in [5.41, 5.74) is 6.47. The minimum absolute atomic E-state index is 0.0531. The van der Waals surface area contributed by atoms with Crippen LogP contribution in [0.3, 0.4) is 0 Å². The predicted octanol–water partition coefficient (Wildman–Crippen LogP) is -4.30. The van der Waals surface area contributed by atoms with Gasteiger partial charge in [0, 0.05) is 91.9 Å². The van der Waals surface area contributed by atoms with E-state index >= 15 is 4.21 Å². The van der Waals surface area contributed by atoms with E-state index in [-0.39, 0.29) is 52.3 Å². The number of aromatic amines is 1. The van der Waals surface area contributed by atoms with E-state index in [0.717, 1.165) is 9.80 Å². The van der Waals surface area contributed by atoms with Crippen molar-refractivity contribution in [1.29, 1.82) is 0 Å². The number of ether oxygens (including phenoxy) is 1. The number of benzene rings is 1. The molecule has 5 aliphatic rings. The number of primary amides is 1. The predicted molar refractivity (Wildman–Crippen MR) is 308 cm³/mol. The average Bonchev–Trinajstić information content (AvgIpc) is 1.69. The van der Waals surface area contributed by atoms with E-state index in [1.54, 1.807) is 30.9 Å². The summed E-state index contributed by atoms with van der Waals surface area (Å²) >= 11 is 1.48. The van der Waals surface area contributed by atoms with Crippen molar-refractivity contribution in [2.75, 3.05) is 58.7 Å². The minimum atomic E-state index is -2.44. The quantitative estimate of drug-likeness (QED) is 0.0496. The monoisotopic (exact) mass is 1240 g/mol. The van der Waals surface area contributed by atoms with E-state index in [0.29, 0.717) is 61.0 Å². The Kier molecular flexibility index (Phi) is 22.8. The number of hydrogen-bond donors (Lipinski definition) is 12. The lowest BCUT2D eigenvalue weighted by molar-refractivity contribution is -0.143. The molecule has 1 aromatic carbocycles. The van der Waals surface area contributed by atoms with E-state index in [1.807, 2.05) is 0 Å². The molecule has 13 N–H and O–H groups in total. The molecule has 86 heavy (non-hydrogen) atoms. The van der Waals surface area contributed by atoms with Gasteiger partial charge in [0.05, 0.1) is 61.1 Å². The lowest BCUT2D eigenvalue weighted by atomic mass is 9.93. The van der Waals surface area contributed by atoms with Crippen molar-refractivity contribution in [2.24, 2.45) is 17.6 Å². The molecule has 0 aliphatic carbocycles. The number of unbranched alkanes of at least 4 members (excludes halogenated alkanes) is 2. The molecule has 29 nitrogen and oxygen atoms in total. The number of carbonyl (C=O) groups excluding carboxylic acids is 12. The first kappa shape index (κ1) is 66.1. The molecular weight excluding hydrogens is 1160 g/mol. The zero-order chi connectivity index (χ0) is 62.7. The number of hydrogen-bond acceptors (Lipinski definition) is 18. The SMILES string of the molecule is CC[C@H](C)[C@@H]1NC(=O)CNC(=O)[C@@H]2Cc3c([nH]c4c(CSC5CN(C(=O)CCCCCN6C(=O)C=CC6=O)C5)c(OC)ccc34)S(=O)C[C@H](NC(=O)CNC1=O)C(=O)N[C@@H](CCC(N)=O)C(=O)N1C[C@H](O)C[C@H]1C(=O)N[C@@H]([C@@H](C)[C@@H](O)CO)C(=O)N2. The Bertz CT molecular complexity index is 3010. The van der Waals surface area contributed by atoms with Crippen LogP contribution in [0.1, 0.15) is 83.3 Å². The summed E-state index contributed by atoms with van der Waals surface area (Å²) in [7, 11) is -1.01. The molecule has 5 aliphatic heterocycles. The second kappa shape index (κ2) is 29.8. The van der Waals surface area contributed by atoms with Crippen molar-refractivity contribution >= 4 is 104 Å². The van der Waals surface area contributed by atoms with Crippen molar-refractivity contribution in [3.8, 4) is 5.75 Å². The molecule has 1 aromatic heterocycles. The molecule has 7 rings (SSSR count). The summed E-state index contributed by atoms with van der Waals surface area (Å²) in [5, 5.41) is 49.8. The molecule has 2 aromatic rings. The molecule has 0 saturated carbocycles. The van der Waals surface area contributed by atoms with Crippen LogP contribution in [0.15, 0.2) is 29.3 Å². The number of methoxy groups -OCH3 is 1. The number of aliphatic hydroxyl groups is 3. The first-order chi connectivity index (χ1) is 40.9. The average molecular weight is 1240 g/mol. The van der Waals surface area contributed by atoms with E-state index < -0.39 is 182 Å². The Morgan fingerprint density at radius 1 is 0.814 bits per heavy atom. The summed E-state index contributed by atoms with van der Waals surface area (Å²) in [6.07, 6.45) is -0.178. The third-order valence-corrected chi connectivity index (χ3v) is 18.8. The summed E-state index contributed by atoms with van der Waals surface area (Å²) in [4.78, 5) is 171. The Labute approximate surface area is 501 Å². The first-order valence-corrected chi connectivity index (χ1v) is 30.9. The van der Waals surface area contributed by atoms with Gasteiger partial charge < -0.3 is 77.8 Å². The highest BCUT2D eigenvalue weighted by Gasteiger charge is 2.45. The number of imide groups is 1. The number of likely N-dealkylation sites (tertiary alicyclic amines) is 1. The summed E-state index contributed by atoms with van der Waals surface area (Å²) < 4.78 is 21.2. The number of nitrogens with zero attached hydrogens (tertiary/aromatic N) is 3. The number of aromatic nitrogens is 1. The van der Waals surface area contributed by atoms with Crippen LogP contribution in [0.2, 0.25) is 0 Å². The van der Waals surface area contributed by atoms with Gasteiger partial charge in [-0.25, -0.2) is 0 Å². The van der Waals surface area contributed by atoms with Gasteiger partial charge in [0.25, 0.3) is 11.8 Å².